The van der Waals surface area contributed by atoms with Gasteiger partial charge >= 0.3 is 0 Å². The maximum absolute atomic E-state index is 12.3. The number of aliphatic hydroxyl groups excluding tert-OH is 1. The molecule has 1 unspecified atom stereocenters. The summed E-state index contributed by atoms with van der Waals surface area (Å²) >= 11 is 0. The second-order valence-electron chi connectivity index (χ2n) is 6.39. The van der Waals surface area contributed by atoms with Crippen molar-refractivity contribution in [1.29, 1.82) is 0 Å². The Bertz CT molecular complexity index is 736. The molecule has 0 spiro atoms. The lowest BCUT2D eigenvalue weighted by Crippen LogP contribution is -2.35. The number of benzene rings is 1. The first kappa shape index (κ1) is 17.7. The summed E-state index contributed by atoms with van der Waals surface area (Å²) in [5.74, 6) is 0.259. The first-order valence-electron chi connectivity index (χ1n) is 7.39. The largest absolute Gasteiger partial charge is 0.423 e. The summed E-state index contributed by atoms with van der Waals surface area (Å²) in [6, 6.07) is 9.09. The minimum absolute atomic E-state index is 0.196. The number of nitrogens with one attached hydrogen (secondary N) is 1. The summed E-state index contributed by atoms with van der Waals surface area (Å²) in [4.78, 5) is 4.02. The van der Waals surface area contributed by atoms with E-state index in [9.17, 15) is 13.5 Å². The van der Waals surface area contributed by atoms with E-state index in [1.165, 1.54) is 6.20 Å². The average molecular weight is 338 g/mol. The van der Waals surface area contributed by atoms with E-state index >= 15 is 0 Å². The average Bonchev–Trinajstić information content (AvgIpc) is 2.96. The molecule has 1 aromatic carbocycles. The highest BCUT2D eigenvalue weighted by Gasteiger charge is 2.26. The number of aromatic nitrogens is 1. The first-order valence-corrected chi connectivity index (χ1v) is 8.87. The van der Waals surface area contributed by atoms with Gasteiger partial charge in [-0.25, -0.2) is 18.1 Å². The summed E-state index contributed by atoms with van der Waals surface area (Å²) in [6.07, 6.45) is 1.19. The van der Waals surface area contributed by atoms with Gasteiger partial charge in [-0.3, -0.25) is 0 Å². The highest BCUT2D eigenvalue weighted by molar-refractivity contribution is 7.89. The highest BCUT2D eigenvalue weighted by atomic mass is 32.2. The van der Waals surface area contributed by atoms with Gasteiger partial charge in [0.2, 0.25) is 5.89 Å². The van der Waals surface area contributed by atoms with E-state index in [-0.39, 0.29) is 22.9 Å². The van der Waals surface area contributed by atoms with Gasteiger partial charge < -0.3 is 9.52 Å². The molecule has 0 saturated carbocycles. The Labute approximate surface area is 136 Å². The number of oxazole rings is 1. The summed E-state index contributed by atoms with van der Waals surface area (Å²) < 4.78 is 32.5. The zero-order valence-electron chi connectivity index (χ0n) is 13.5. The molecular formula is C16H22N2O4S. The molecule has 0 aliphatic carbocycles. The van der Waals surface area contributed by atoms with Gasteiger partial charge in [0.25, 0.3) is 15.1 Å². The van der Waals surface area contributed by atoms with Gasteiger partial charge in [-0.2, -0.15) is 0 Å². The van der Waals surface area contributed by atoms with Crippen molar-refractivity contribution in [2.45, 2.75) is 38.4 Å². The van der Waals surface area contributed by atoms with Crippen molar-refractivity contribution in [1.82, 2.24) is 9.71 Å². The van der Waals surface area contributed by atoms with E-state index in [1.54, 1.807) is 19.1 Å². The Hall–Kier alpha value is -1.70. The highest BCUT2D eigenvalue weighted by Crippen LogP contribution is 2.24. The molecule has 1 aromatic heterocycles. The van der Waals surface area contributed by atoms with Gasteiger partial charge in [0.05, 0.1) is 12.3 Å². The zero-order valence-corrected chi connectivity index (χ0v) is 14.3. The number of nitrogens with zero attached hydrogens (tertiary/aromatic N) is 1. The molecule has 1 atom stereocenters. The predicted molar refractivity (Wildman–Crippen MR) is 87.2 cm³/mol. The molecule has 2 N–H and O–H groups in total. The lowest BCUT2D eigenvalue weighted by atomic mass is 9.87. The standard InChI is InChI=1S/C16H22N2O4S/c1-12(19)9-16(2,3)11-18-23(20,21)14-10-17-15(22-14)13-7-5-4-6-8-13/h4-8,10,12,18-19H,9,11H2,1-3H3. The maximum Gasteiger partial charge on any atom is 0.275 e. The van der Waals surface area contributed by atoms with Crippen molar-refractivity contribution >= 4 is 10.0 Å². The molecule has 126 valence electrons. The summed E-state index contributed by atoms with van der Waals surface area (Å²) in [6.45, 7) is 5.65. The molecular weight excluding hydrogens is 316 g/mol. The van der Waals surface area contributed by atoms with Crippen LogP contribution in [-0.4, -0.2) is 31.2 Å². The Morgan fingerprint density at radius 1 is 1.30 bits per heavy atom. The van der Waals surface area contributed by atoms with Crippen LogP contribution in [0.25, 0.3) is 11.5 Å². The van der Waals surface area contributed by atoms with Crippen LogP contribution in [0.15, 0.2) is 46.0 Å². The molecule has 0 amide bonds. The fourth-order valence-electron chi connectivity index (χ4n) is 2.33. The number of aliphatic hydroxyl groups is 1. The molecule has 0 fully saturated rings. The smallest absolute Gasteiger partial charge is 0.275 e. The monoisotopic (exact) mass is 338 g/mol. The second kappa shape index (κ2) is 6.82. The van der Waals surface area contributed by atoms with Gasteiger partial charge in [0.1, 0.15) is 0 Å². The van der Waals surface area contributed by atoms with Crippen LogP contribution in [0.1, 0.15) is 27.2 Å². The van der Waals surface area contributed by atoms with E-state index in [0.29, 0.717) is 12.0 Å². The lowest BCUT2D eigenvalue weighted by Gasteiger charge is -2.25. The zero-order chi connectivity index (χ0) is 17.1. The Morgan fingerprint density at radius 3 is 2.57 bits per heavy atom. The van der Waals surface area contributed by atoms with Gasteiger partial charge in [-0.1, -0.05) is 32.0 Å². The minimum Gasteiger partial charge on any atom is -0.423 e. The van der Waals surface area contributed by atoms with Crippen molar-refractivity contribution in [2.75, 3.05) is 6.54 Å². The predicted octanol–water partition coefficient (Wildman–Crippen LogP) is 2.42. The topological polar surface area (TPSA) is 92.4 Å². The second-order valence-corrected chi connectivity index (χ2v) is 8.09. The van der Waals surface area contributed by atoms with Crippen LogP contribution in [-0.2, 0) is 10.0 Å². The van der Waals surface area contributed by atoms with Crippen molar-refractivity contribution in [3.63, 3.8) is 0 Å². The van der Waals surface area contributed by atoms with Crippen molar-refractivity contribution in [2.24, 2.45) is 5.41 Å². The Kier molecular flexibility index (Phi) is 5.23. The summed E-state index contributed by atoms with van der Waals surface area (Å²) in [5.41, 5.74) is 0.340. The van der Waals surface area contributed by atoms with Crippen LogP contribution in [0.3, 0.4) is 0 Å². The Morgan fingerprint density at radius 2 is 1.96 bits per heavy atom. The van der Waals surface area contributed by atoms with E-state index in [0.717, 1.165) is 0 Å². The third-order valence-electron chi connectivity index (χ3n) is 3.36. The van der Waals surface area contributed by atoms with Gasteiger partial charge in [0.15, 0.2) is 0 Å². The molecule has 0 saturated heterocycles. The molecule has 0 aliphatic rings. The van der Waals surface area contributed by atoms with Crippen LogP contribution in [0.2, 0.25) is 0 Å². The number of hydrogen-bond donors (Lipinski definition) is 2. The molecule has 2 rings (SSSR count). The van der Waals surface area contributed by atoms with E-state index in [4.69, 9.17) is 4.42 Å². The van der Waals surface area contributed by atoms with Crippen LogP contribution < -0.4 is 4.72 Å². The third kappa shape index (κ3) is 4.89. The normalized spacial score (nSPS) is 13.9. The van der Waals surface area contributed by atoms with E-state index in [1.807, 2.05) is 32.0 Å². The summed E-state index contributed by atoms with van der Waals surface area (Å²) in [5, 5.41) is 9.24. The fraction of sp³-hybridized carbons (Fsp3) is 0.438. The van der Waals surface area contributed by atoms with Crippen molar-refractivity contribution in [3.8, 4) is 11.5 Å². The molecule has 0 aliphatic heterocycles. The molecule has 0 bridgehead atoms. The Balaban J connectivity index is 2.10. The number of sulfonamides is 1. The van der Waals surface area contributed by atoms with Crippen LogP contribution in [0.5, 0.6) is 0 Å². The van der Waals surface area contributed by atoms with Gasteiger partial charge in [0, 0.05) is 12.1 Å². The minimum atomic E-state index is -3.78. The third-order valence-corrected chi connectivity index (χ3v) is 4.60. The molecule has 6 nitrogen and oxygen atoms in total. The van der Waals surface area contributed by atoms with Crippen LogP contribution in [0.4, 0.5) is 0 Å². The van der Waals surface area contributed by atoms with Crippen LogP contribution in [0, 0.1) is 5.41 Å². The maximum atomic E-state index is 12.3. The van der Waals surface area contributed by atoms with Crippen molar-refractivity contribution in [3.05, 3.63) is 36.5 Å². The number of rotatable bonds is 7. The van der Waals surface area contributed by atoms with E-state index in [2.05, 4.69) is 9.71 Å². The SMILES string of the molecule is CC(O)CC(C)(C)CNS(=O)(=O)c1cnc(-c2ccccc2)o1. The first-order chi connectivity index (χ1) is 10.7. The lowest BCUT2D eigenvalue weighted by molar-refractivity contribution is 0.131. The quantitative estimate of drug-likeness (QED) is 0.809. The van der Waals surface area contributed by atoms with Crippen LogP contribution >= 0.6 is 0 Å². The van der Waals surface area contributed by atoms with Gasteiger partial charge in [-0.15, -0.1) is 0 Å². The number of hydrogen-bond acceptors (Lipinski definition) is 5. The fourth-order valence-corrected chi connectivity index (χ4v) is 3.43. The molecule has 23 heavy (non-hydrogen) atoms. The molecule has 1 heterocycles. The van der Waals surface area contributed by atoms with E-state index < -0.39 is 16.1 Å². The molecule has 2 aromatic rings. The van der Waals surface area contributed by atoms with Crippen molar-refractivity contribution < 1.29 is 17.9 Å². The summed E-state index contributed by atoms with van der Waals surface area (Å²) in [7, 11) is -3.78. The van der Waals surface area contributed by atoms with Gasteiger partial charge in [-0.05, 0) is 30.9 Å². The molecule has 0 radical (unpaired) electrons. The molecule has 7 heteroatoms.